The van der Waals surface area contributed by atoms with Crippen LogP contribution in [0.2, 0.25) is 0 Å². The molecule has 0 aliphatic heterocycles. The van der Waals surface area contributed by atoms with Crippen molar-refractivity contribution in [2.75, 3.05) is 0 Å². The molecule has 0 radical (unpaired) electrons. The Bertz CT molecular complexity index is 734. The summed E-state index contributed by atoms with van der Waals surface area (Å²) in [5, 5.41) is 12.9. The topological polar surface area (TPSA) is 37.3 Å². The molecule has 3 aromatic rings. The van der Waals surface area contributed by atoms with E-state index in [9.17, 15) is 4.79 Å². The van der Waals surface area contributed by atoms with Crippen molar-refractivity contribution in [1.29, 1.82) is 0 Å². The SMILES string of the molecule is O=C(O)C=Cc1cc(-c2cccs2)sc1-c1cccs1. The lowest BCUT2D eigenvalue weighted by Gasteiger charge is -1.94. The van der Waals surface area contributed by atoms with Gasteiger partial charge < -0.3 is 5.11 Å². The molecule has 0 amide bonds. The van der Waals surface area contributed by atoms with Crippen molar-refractivity contribution in [2.45, 2.75) is 0 Å². The minimum absolute atomic E-state index is 0.925. The predicted octanol–water partition coefficient (Wildman–Crippen LogP) is 5.30. The molecule has 0 spiro atoms. The fourth-order valence-electron chi connectivity index (χ4n) is 1.83. The number of carboxylic acid groups (broad SMARTS) is 1. The fraction of sp³-hybridized carbons (Fsp3) is 0. The molecule has 0 bridgehead atoms. The van der Waals surface area contributed by atoms with Crippen LogP contribution in [0.25, 0.3) is 25.6 Å². The van der Waals surface area contributed by atoms with Crippen LogP contribution in [0.3, 0.4) is 0 Å². The van der Waals surface area contributed by atoms with Crippen LogP contribution in [-0.2, 0) is 4.79 Å². The third-order valence-corrected chi connectivity index (χ3v) is 5.94. The molecule has 0 aliphatic rings. The Labute approximate surface area is 128 Å². The van der Waals surface area contributed by atoms with Gasteiger partial charge in [-0.05, 0) is 40.6 Å². The van der Waals surface area contributed by atoms with E-state index in [0.29, 0.717) is 0 Å². The van der Waals surface area contributed by atoms with E-state index < -0.39 is 5.97 Å². The highest BCUT2D eigenvalue weighted by Crippen LogP contribution is 2.41. The van der Waals surface area contributed by atoms with Gasteiger partial charge in [-0.2, -0.15) is 0 Å². The van der Waals surface area contributed by atoms with Gasteiger partial charge in [0.15, 0.2) is 0 Å². The van der Waals surface area contributed by atoms with Gasteiger partial charge in [0.1, 0.15) is 0 Å². The molecular formula is C15H10O2S3. The second-order valence-electron chi connectivity index (χ2n) is 4.02. The Morgan fingerprint density at radius 3 is 2.35 bits per heavy atom. The standard InChI is InChI=1S/C15H10O2S3/c16-14(17)6-5-10-9-13(11-3-1-7-18-11)20-15(10)12-4-2-8-19-12/h1-9H,(H,16,17). The van der Waals surface area contributed by atoms with Gasteiger partial charge in [0, 0.05) is 20.7 Å². The molecule has 2 nitrogen and oxygen atoms in total. The van der Waals surface area contributed by atoms with Gasteiger partial charge in [-0.1, -0.05) is 12.1 Å². The second kappa shape index (κ2) is 5.75. The Kier molecular flexibility index (Phi) is 3.82. The Morgan fingerprint density at radius 1 is 1.05 bits per heavy atom. The summed E-state index contributed by atoms with van der Waals surface area (Å²) in [6, 6.07) is 10.2. The van der Waals surface area contributed by atoms with Crippen molar-refractivity contribution < 1.29 is 9.90 Å². The molecule has 5 heteroatoms. The smallest absolute Gasteiger partial charge is 0.328 e. The van der Waals surface area contributed by atoms with Gasteiger partial charge in [-0.25, -0.2) is 4.79 Å². The largest absolute Gasteiger partial charge is 0.478 e. The van der Waals surface area contributed by atoms with E-state index in [-0.39, 0.29) is 0 Å². The maximum Gasteiger partial charge on any atom is 0.328 e. The van der Waals surface area contributed by atoms with E-state index in [4.69, 9.17) is 5.11 Å². The zero-order valence-corrected chi connectivity index (χ0v) is 12.7. The van der Waals surface area contributed by atoms with Gasteiger partial charge in [0.2, 0.25) is 0 Å². The van der Waals surface area contributed by atoms with Crippen molar-refractivity contribution in [3.05, 3.63) is 52.7 Å². The first-order chi connectivity index (χ1) is 9.74. The summed E-state index contributed by atoms with van der Waals surface area (Å²) >= 11 is 5.06. The highest BCUT2D eigenvalue weighted by atomic mass is 32.1. The van der Waals surface area contributed by atoms with E-state index in [0.717, 1.165) is 10.4 Å². The van der Waals surface area contributed by atoms with Crippen LogP contribution < -0.4 is 0 Å². The molecule has 3 aromatic heterocycles. The molecule has 0 saturated carbocycles. The summed E-state index contributed by atoms with van der Waals surface area (Å²) < 4.78 is 0. The van der Waals surface area contributed by atoms with Crippen LogP contribution in [-0.4, -0.2) is 11.1 Å². The van der Waals surface area contributed by atoms with Gasteiger partial charge in [-0.3, -0.25) is 0 Å². The van der Waals surface area contributed by atoms with Gasteiger partial charge in [0.05, 0.1) is 4.88 Å². The van der Waals surface area contributed by atoms with Crippen LogP contribution in [0.15, 0.2) is 47.2 Å². The van der Waals surface area contributed by atoms with Crippen molar-refractivity contribution in [3.8, 4) is 19.5 Å². The molecule has 100 valence electrons. The zero-order chi connectivity index (χ0) is 13.9. The first-order valence-corrected chi connectivity index (χ1v) is 8.44. The van der Waals surface area contributed by atoms with E-state index >= 15 is 0 Å². The summed E-state index contributed by atoms with van der Waals surface area (Å²) in [7, 11) is 0. The first-order valence-electron chi connectivity index (χ1n) is 5.86. The van der Waals surface area contributed by atoms with Gasteiger partial charge in [-0.15, -0.1) is 34.0 Å². The van der Waals surface area contributed by atoms with Crippen LogP contribution in [0.4, 0.5) is 0 Å². The highest BCUT2D eigenvalue weighted by Gasteiger charge is 2.12. The van der Waals surface area contributed by atoms with Crippen LogP contribution in [0.5, 0.6) is 0 Å². The number of rotatable bonds is 4. The molecule has 0 atom stereocenters. The Hall–Kier alpha value is -1.69. The normalized spacial score (nSPS) is 11.2. The lowest BCUT2D eigenvalue weighted by molar-refractivity contribution is -0.131. The summed E-state index contributed by atoms with van der Waals surface area (Å²) in [6.07, 6.45) is 2.86. The molecule has 3 heterocycles. The molecule has 0 unspecified atom stereocenters. The van der Waals surface area contributed by atoms with Crippen molar-refractivity contribution in [2.24, 2.45) is 0 Å². The maximum absolute atomic E-state index is 10.7. The monoisotopic (exact) mass is 318 g/mol. The van der Waals surface area contributed by atoms with E-state index in [1.807, 2.05) is 22.9 Å². The molecule has 0 aromatic carbocycles. The summed E-state index contributed by atoms with van der Waals surface area (Å²) in [5.41, 5.74) is 0.961. The van der Waals surface area contributed by atoms with Gasteiger partial charge >= 0.3 is 5.97 Å². The second-order valence-corrected chi connectivity index (χ2v) is 6.97. The number of carboxylic acids is 1. The predicted molar refractivity (Wildman–Crippen MR) is 87.6 cm³/mol. The third-order valence-electron chi connectivity index (χ3n) is 2.68. The van der Waals surface area contributed by atoms with E-state index in [1.54, 1.807) is 40.1 Å². The Balaban J connectivity index is 2.09. The van der Waals surface area contributed by atoms with Crippen molar-refractivity contribution in [1.82, 2.24) is 0 Å². The quantitative estimate of drug-likeness (QED) is 0.662. The summed E-state index contributed by atoms with van der Waals surface area (Å²) in [6.45, 7) is 0. The Morgan fingerprint density at radius 2 is 1.75 bits per heavy atom. The number of hydrogen-bond donors (Lipinski definition) is 1. The lowest BCUT2D eigenvalue weighted by atomic mass is 10.2. The summed E-state index contributed by atoms with van der Waals surface area (Å²) in [5.74, 6) is -0.925. The summed E-state index contributed by atoms with van der Waals surface area (Å²) in [4.78, 5) is 15.4. The number of thiophene rings is 3. The fourth-order valence-corrected chi connectivity index (χ4v) is 4.68. The zero-order valence-electron chi connectivity index (χ0n) is 10.3. The van der Waals surface area contributed by atoms with Crippen LogP contribution >= 0.6 is 34.0 Å². The molecule has 3 rings (SSSR count). The highest BCUT2D eigenvalue weighted by molar-refractivity contribution is 7.26. The molecule has 0 fully saturated rings. The molecule has 20 heavy (non-hydrogen) atoms. The number of hydrogen-bond acceptors (Lipinski definition) is 4. The molecule has 1 N–H and O–H groups in total. The van der Waals surface area contributed by atoms with Crippen LogP contribution in [0, 0.1) is 0 Å². The molecular weight excluding hydrogens is 308 g/mol. The van der Waals surface area contributed by atoms with E-state index in [2.05, 4.69) is 18.2 Å². The molecule has 0 saturated heterocycles. The average Bonchev–Trinajstić information content (AvgIpc) is 3.15. The van der Waals surface area contributed by atoms with Crippen molar-refractivity contribution in [3.63, 3.8) is 0 Å². The minimum atomic E-state index is -0.925. The molecule has 0 aliphatic carbocycles. The first kappa shape index (κ1) is 13.3. The van der Waals surface area contributed by atoms with Crippen molar-refractivity contribution >= 4 is 46.1 Å². The minimum Gasteiger partial charge on any atom is -0.478 e. The number of aliphatic carboxylic acids is 1. The van der Waals surface area contributed by atoms with Crippen LogP contribution in [0.1, 0.15) is 5.56 Å². The average molecular weight is 318 g/mol. The van der Waals surface area contributed by atoms with Gasteiger partial charge in [0.25, 0.3) is 0 Å². The maximum atomic E-state index is 10.7. The lowest BCUT2D eigenvalue weighted by Crippen LogP contribution is -1.85. The number of carbonyl (C=O) groups is 1. The van der Waals surface area contributed by atoms with E-state index in [1.165, 1.54) is 20.7 Å². The third kappa shape index (κ3) is 2.75.